The number of hydrogen-bond donors (Lipinski definition) is 1. The zero-order valence-corrected chi connectivity index (χ0v) is 10.8. The lowest BCUT2D eigenvalue weighted by atomic mass is 10.0. The molecule has 94 valence electrons. The van der Waals surface area contributed by atoms with E-state index in [1.165, 1.54) is 26.2 Å². The van der Waals surface area contributed by atoms with Crippen LogP contribution in [0.1, 0.15) is 59.3 Å². The topological polar surface area (TPSA) is 46.2 Å². The van der Waals surface area contributed by atoms with Gasteiger partial charge in [-0.3, -0.25) is 9.59 Å². The van der Waals surface area contributed by atoms with E-state index < -0.39 is 0 Å². The van der Waals surface area contributed by atoms with Gasteiger partial charge in [-0.1, -0.05) is 39.5 Å². The van der Waals surface area contributed by atoms with E-state index in [9.17, 15) is 9.59 Å². The van der Waals surface area contributed by atoms with E-state index in [2.05, 4.69) is 19.2 Å². The van der Waals surface area contributed by atoms with E-state index in [1.54, 1.807) is 0 Å². The molecule has 0 aliphatic heterocycles. The second-order valence-electron chi connectivity index (χ2n) is 4.83. The molecule has 1 amide bonds. The number of carbonyl (C=O) groups excluding carboxylic acids is 2. The second kappa shape index (κ2) is 9.37. The fourth-order valence-corrected chi connectivity index (χ4v) is 1.55. The maximum Gasteiger partial charge on any atom is 0.227 e. The second-order valence-corrected chi connectivity index (χ2v) is 4.83. The van der Waals surface area contributed by atoms with Crippen LogP contribution in [-0.2, 0) is 9.59 Å². The lowest BCUT2D eigenvalue weighted by molar-refractivity contribution is -0.127. The Morgan fingerprint density at radius 1 is 1.06 bits per heavy atom. The molecule has 3 nitrogen and oxygen atoms in total. The zero-order chi connectivity index (χ0) is 12.4. The summed E-state index contributed by atoms with van der Waals surface area (Å²) in [5.41, 5.74) is 0. The van der Waals surface area contributed by atoms with E-state index in [4.69, 9.17) is 0 Å². The molecular formula is C13H25NO2. The number of amides is 1. The van der Waals surface area contributed by atoms with Crippen molar-refractivity contribution in [1.29, 1.82) is 0 Å². The highest BCUT2D eigenvalue weighted by Crippen LogP contribution is 2.08. The van der Waals surface area contributed by atoms with Gasteiger partial charge in [0.1, 0.15) is 5.78 Å². The summed E-state index contributed by atoms with van der Waals surface area (Å²) < 4.78 is 0. The van der Waals surface area contributed by atoms with Crippen molar-refractivity contribution < 1.29 is 9.59 Å². The van der Waals surface area contributed by atoms with E-state index in [0.29, 0.717) is 6.54 Å². The van der Waals surface area contributed by atoms with Gasteiger partial charge in [-0.15, -0.1) is 0 Å². The first-order valence-corrected chi connectivity index (χ1v) is 6.28. The van der Waals surface area contributed by atoms with Gasteiger partial charge in [0.15, 0.2) is 0 Å². The monoisotopic (exact) mass is 227 g/mol. The zero-order valence-electron chi connectivity index (χ0n) is 10.8. The molecule has 0 aromatic carbocycles. The summed E-state index contributed by atoms with van der Waals surface area (Å²) in [6.07, 6.45) is 6.00. The summed E-state index contributed by atoms with van der Waals surface area (Å²) in [6, 6.07) is 0. The molecule has 0 bridgehead atoms. The summed E-state index contributed by atoms with van der Waals surface area (Å²) in [6.45, 7) is 6.61. The first-order chi connectivity index (χ1) is 7.52. The van der Waals surface area contributed by atoms with Crippen LogP contribution in [0.4, 0.5) is 0 Å². The number of ketones is 1. The SMILES string of the molecule is CC(=O)CC(=O)NCCCCCCC(C)C. The van der Waals surface area contributed by atoms with Crippen molar-refractivity contribution in [3.8, 4) is 0 Å². The minimum absolute atomic E-state index is 0.0212. The molecule has 0 aliphatic rings. The largest absolute Gasteiger partial charge is 0.356 e. The molecule has 1 N–H and O–H groups in total. The summed E-state index contributed by atoms with van der Waals surface area (Å²) in [7, 11) is 0. The van der Waals surface area contributed by atoms with E-state index in [0.717, 1.165) is 18.8 Å². The molecule has 3 heteroatoms. The van der Waals surface area contributed by atoms with Crippen LogP contribution in [0, 0.1) is 5.92 Å². The van der Waals surface area contributed by atoms with E-state index >= 15 is 0 Å². The Kier molecular flexibility index (Phi) is 8.87. The summed E-state index contributed by atoms with van der Waals surface area (Å²) in [4.78, 5) is 21.7. The molecular weight excluding hydrogens is 202 g/mol. The molecule has 0 atom stereocenters. The average molecular weight is 227 g/mol. The van der Waals surface area contributed by atoms with Crippen molar-refractivity contribution in [3.05, 3.63) is 0 Å². The van der Waals surface area contributed by atoms with Crippen LogP contribution >= 0.6 is 0 Å². The fraction of sp³-hybridized carbons (Fsp3) is 0.846. The molecule has 16 heavy (non-hydrogen) atoms. The molecule has 0 unspecified atom stereocenters. The highest BCUT2D eigenvalue weighted by Gasteiger charge is 2.03. The van der Waals surface area contributed by atoms with Gasteiger partial charge in [0.25, 0.3) is 0 Å². The van der Waals surface area contributed by atoms with Gasteiger partial charge in [-0.25, -0.2) is 0 Å². The van der Waals surface area contributed by atoms with Crippen LogP contribution in [0.5, 0.6) is 0 Å². The average Bonchev–Trinajstić information content (AvgIpc) is 2.14. The van der Waals surface area contributed by atoms with Crippen LogP contribution in [0.3, 0.4) is 0 Å². The smallest absolute Gasteiger partial charge is 0.227 e. The molecule has 0 fully saturated rings. The first-order valence-electron chi connectivity index (χ1n) is 6.28. The lowest BCUT2D eigenvalue weighted by Crippen LogP contribution is -2.25. The number of unbranched alkanes of at least 4 members (excludes halogenated alkanes) is 3. The molecule has 0 aromatic heterocycles. The van der Waals surface area contributed by atoms with Gasteiger partial charge < -0.3 is 5.32 Å². The van der Waals surface area contributed by atoms with Crippen LogP contribution in [0.25, 0.3) is 0 Å². The Labute approximate surface area is 99.0 Å². The maximum absolute atomic E-state index is 11.1. The molecule has 0 heterocycles. The van der Waals surface area contributed by atoms with Crippen molar-refractivity contribution in [3.63, 3.8) is 0 Å². The van der Waals surface area contributed by atoms with E-state index in [-0.39, 0.29) is 18.1 Å². The lowest BCUT2D eigenvalue weighted by Gasteiger charge is -2.05. The molecule has 0 radical (unpaired) electrons. The molecule has 0 aliphatic carbocycles. The number of carbonyl (C=O) groups is 2. The third-order valence-electron chi connectivity index (χ3n) is 2.44. The number of nitrogens with one attached hydrogen (secondary N) is 1. The Hall–Kier alpha value is -0.860. The molecule has 0 rings (SSSR count). The van der Waals surface area contributed by atoms with Crippen molar-refractivity contribution in [1.82, 2.24) is 5.32 Å². The van der Waals surface area contributed by atoms with Gasteiger partial charge in [-0.05, 0) is 19.3 Å². The standard InChI is InChI=1S/C13H25NO2/c1-11(2)8-6-4-5-7-9-14-13(16)10-12(3)15/h11H,4-10H2,1-3H3,(H,14,16). The molecule has 0 aromatic rings. The molecule has 0 saturated heterocycles. The van der Waals surface area contributed by atoms with Gasteiger partial charge in [0.2, 0.25) is 5.91 Å². The Bertz CT molecular complexity index is 212. The van der Waals surface area contributed by atoms with Gasteiger partial charge in [0.05, 0.1) is 6.42 Å². The van der Waals surface area contributed by atoms with Gasteiger partial charge >= 0.3 is 0 Å². The van der Waals surface area contributed by atoms with Crippen LogP contribution in [0.2, 0.25) is 0 Å². The third-order valence-corrected chi connectivity index (χ3v) is 2.44. The maximum atomic E-state index is 11.1. The minimum Gasteiger partial charge on any atom is -0.356 e. The van der Waals surface area contributed by atoms with Crippen LogP contribution in [0.15, 0.2) is 0 Å². The Balaban J connectivity index is 3.21. The van der Waals surface area contributed by atoms with Crippen molar-refractivity contribution >= 4 is 11.7 Å². The van der Waals surface area contributed by atoms with Crippen molar-refractivity contribution in [2.75, 3.05) is 6.54 Å². The Morgan fingerprint density at radius 3 is 2.25 bits per heavy atom. The third kappa shape index (κ3) is 11.2. The van der Waals surface area contributed by atoms with Gasteiger partial charge in [-0.2, -0.15) is 0 Å². The quantitative estimate of drug-likeness (QED) is 0.486. The summed E-state index contributed by atoms with van der Waals surface area (Å²) >= 11 is 0. The highest BCUT2D eigenvalue weighted by molar-refractivity contribution is 5.96. The number of Topliss-reactive ketones (excluding diaryl/α,β-unsaturated/α-hetero) is 1. The predicted octanol–water partition coefficient (Wildman–Crippen LogP) is 2.69. The number of hydrogen-bond acceptors (Lipinski definition) is 2. The molecule has 0 spiro atoms. The van der Waals surface area contributed by atoms with Crippen molar-refractivity contribution in [2.24, 2.45) is 5.92 Å². The first kappa shape index (κ1) is 15.1. The fourth-order valence-electron chi connectivity index (χ4n) is 1.55. The summed E-state index contributed by atoms with van der Waals surface area (Å²) in [5, 5.41) is 2.75. The van der Waals surface area contributed by atoms with Crippen LogP contribution < -0.4 is 5.32 Å². The number of rotatable bonds is 9. The normalized spacial score (nSPS) is 10.5. The van der Waals surface area contributed by atoms with E-state index in [1.807, 2.05) is 0 Å². The van der Waals surface area contributed by atoms with Gasteiger partial charge in [0, 0.05) is 6.54 Å². The predicted molar refractivity (Wildman–Crippen MR) is 66.2 cm³/mol. The van der Waals surface area contributed by atoms with Crippen molar-refractivity contribution in [2.45, 2.75) is 59.3 Å². The Morgan fingerprint density at radius 2 is 1.69 bits per heavy atom. The highest BCUT2D eigenvalue weighted by atomic mass is 16.2. The summed E-state index contributed by atoms with van der Waals surface area (Å²) in [5.74, 6) is 0.569. The van der Waals surface area contributed by atoms with Crippen LogP contribution in [-0.4, -0.2) is 18.2 Å². The minimum atomic E-state index is -0.144. The molecule has 0 saturated carbocycles.